The molecule has 1 aliphatic heterocycles. The zero-order valence-electron chi connectivity index (χ0n) is 10.7. The molecule has 1 aliphatic rings. The van der Waals surface area contributed by atoms with Crippen molar-refractivity contribution in [2.45, 2.75) is 19.4 Å². The summed E-state index contributed by atoms with van der Waals surface area (Å²) in [7, 11) is 0. The zero-order chi connectivity index (χ0) is 12.8. The molecule has 2 N–H and O–H groups in total. The first-order valence-electron chi connectivity index (χ1n) is 6.42. The van der Waals surface area contributed by atoms with Crippen molar-refractivity contribution >= 4 is 11.5 Å². The molecule has 0 aliphatic carbocycles. The van der Waals surface area contributed by atoms with E-state index in [1.54, 1.807) is 6.92 Å². The highest BCUT2D eigenvalue weighted by molar-refractivity contribution is 5.94. The van der Waals surface area contributed by atoms with Crippen LogP contribution < -0.4 is 10.6 Å². The van der Waals surface area contributed by atoms with Crippen LogP contribution in [0.5, 0.6) is 0 Å². The van der Waals surface area contributed by atoms with Crippen molar-refractivity contribution < 1.29 is 9.53 Å². The van der Waals surface area contributed by atoms with E-state index in [1.807, 2.05) is 24.3 Å². The molecule has 1 aromatic rings. The number of anilines is 1. The molecule has 0 radical (unpaired) electrons. The predicted molar refractivity (Wildman–Crippen MR) is 72.2 cm³/mol. The Kier molecular flexibility index (Phi) is 4.73. The third kappa shape index (κ3) is 3.82. The Morgan fingerprint density at radius 1 is 1.56 bits per heavy atom. The van der Waals surface area contributed by atoms with E-state index in [9.17, 15) is 4.79 Å². The van der Waals surface area contributed by atoms with Crippen LogP contribution in [0.1, 0.15) is 23.7 Å². The van der Waals surface area contributed by atoms with Crippen molar-refractivity contribution in [3.63, 3.8) is 0 Å². The number of Topliss-reactive ketones (excluding diaryl/α,β-unsaturated/α-hetero) is 1. The first-order valence-corrected chi connectivity index (χ1v) is 6.42. The topological polar surface area (TPSA) is 50.4 Å². The summed E-state index contributed by atoms with van der Waals surface area (Å²) in [6.07, 6.45) is 1.02. The average molecular weight is 248 g/mol. The number of benzene rings is 1. The Morgan fingerprint density at radius 3 is 3.17 bits per heavy atom. The van der Waals surface area contributed by atoms with Gasteiger partial charge in [0.1, 0.15) is 0 Å². The normalized spacial score (nSPS) is 19.5. The maximum atomic E-state index is 11.3. The lowest BCUT2D eigenvalue weighted by atomic mass is 10.1. The number of rotatable bonds is 5. The summed E-state index contributed by atoms with van der Waals surface area (Å²) in [6, 6.07) is 8.05. The first kappa shape index (κ1) is 13.1. The molecule has 0 bridgehead atoms. The van der Waals surface area contributed by atoms with Gasteiger partial charge in [-0.2, -0.15) is 0 Å². The molecule has 0 amide bonds. The Labute approximate surface area is 108 Å². The van der Waals surface area contributed by atoms with Crippen molar-refractivity contribution in [3.05, 3.63) is 29.8 Å². The molecule has 0 spiro atoms. The molecule has 4 nitrogen and oxygen atoms in total. The number of carbonyl (C=O) groups is 1. The zero-order valence-corrected chi connectivity index (χ0v) is 10.7. The Bertz CT molecular complexity index is 401. The summed E-state index contributed by atoms with van der Waals surface area (Å²) >= 11 is 0. The van der Waals surface area contributed by atoms with Crippen LogP contribution >= 0.6 is 0 Å². The molecular weight excluding hydrogens is 228 g/mol. The van der Waals surface area contributed by atoms with Crippen molar-refractivity contribution in [2.24, 2.45) is 0 Å². The van der Waals surface area contributed by atoms with Gasteiger partial charge in [-0.15, -0.1) is 0 Å². The minimum absolute atomic E-state index is 0.0981. The number of carbonyl (C=O) groups excluding carboxylic acids is 1. The molecular formula is C14H20N2O2. The molecule has 1 aromatic carbocycles. The van der Waals surface area contributed by atoms with Crippen LogP contribution in [0, 0.1) is 0 Å². The summed E-state index contributed by atoms with van der Waals surface area (Å²) in [5.74, 6) is 0.0981. The van der Waals surface area contributed by atoms with Gasteiger partial charge in [0.2, 0.25) is 0 Å². The molecule has 0 saturated carbocycles. The third-order valence-electron chi connectivity index (χ3n) is 3.09. The maximum Gasteiger partial charge on any atom is 0.159 e. The quantitative estimate of drug-likeness (QED) is 0.778. The number of ketones is 1. The van der Waals surface area contributed by atoms with Gasteiger partial charge < -0.3 is 15.4 Å². The second-order valence-electron chi connectivity index (χ2n) is 4.58. The van der Waals surface area contributed by atoms with Gasteiger partial charge in [0.05, 0.1) is 13.2 Å². The van der Waals surface area contributed by atoms with Gasteiger partial charge in [-0.25, -0.2) is 0 Å². The molecule has 1 fully saturated rings. The van der Waals surface area contributed by atoms with E-state index in [1.165, 1.54) is 0 Å². The Morgan fingerprint density at radius 2 is 2.44 bits per heavy atom. The average Bonchev–Trinajstić information content (AvgIpc) is 2.40. The lowest BCUT2D eigenvalue weighted by Crippen LogP contribution is -2.42. The first-order chi connectivity index (χ1) is 8.75. The van der Waals surface area contributed by atoms with E-state index in [0.29, 0.717) is 6.04 Å². The fraction of sp³-hybridized carbons (Fsp3) is 0.500. The van der Waals surface area contributed by atoms with E-state index in [0.717, 1.165) is 44.0 Å². The minimum atomic E-state index is 0.0981. The van der Waals surface area contributed by atoms with Gasteiger partial charge in [0, 0.05) is 30.4 Å². The highest BCUT2D eigenvalue weighted by atomic mass is 16.5. The Balaban J connectivity index is 1.78. The predicted octanol–water partition coefficient (Wildman–Crippen LogP) is 1.68. The lowest BCUT2D eigenvalue weighted by molar-refractivity contribution is 0.0753. The van der Waals surface area contributed by atoms with Crippen molar-refractivity contribution in [1.29, 1.82) is 0 Å². The van der Waals surface area contributed by atoms with Gasteiger partial charge in [-0.1, -0.05) is 12.1 Å². The monoisotopic (exact) mass is 248 g/mol. The Hall–Kier alpha value is -1.39. The molecule has 98 valence electrons. The van der Waals surface area contributed by atoms with Gasteiger partial charge in [0.15, 0.2) is 5.78 Å². The minimum Gasteiger partial charge on any atom is -0.385 e. The fourth-order valence-corrected chi connectivity index (χ4v) is 2.04. The van der Waals surface area contributed by atoms with Crippen LogP contribution in [0.3, 0.4) is 0 Å². The molecule has 1 atom stereocenters. The van der Waals surface area contributed by atoms with Crippen LogP contribution in [-0.2, 0) is 4.74 Å². The molecule has 1 heterocycles. The number of nitrogens with one attached hydrogen (secondary N) is 2. The summed E-state index contributed by atoms with van der Waals surface area (Å²) in [5.41, 5.74) is 1.75. The summed E-state index contributed by atoms with van der Waals surface area (Å²) < 4.78 is 5.40. The van der Waals surface area contributed by atoms with Gasteiger partial charge >= 0.3 is 0 Å². The van der Waals surface area contributed by atoms with E-state index < -0.39 is 0 Å². The van der Waals surface area contributed by atoms with E-state index >= 15 is 0 Å². The molecule has 1 unspecified atom stereocenters. The van der Waals surface area contributed by atoms with Crippen LogP contribution in [0.2, 0.25) is 0 Å². The second kappa shape index (κ2) is 6.52. The number of hydrogen-bond donors (Lipinski definition) is 2. The summed E-state index contributed by atoms with van der Waals surface area (Å²) in [5, 5.41) is 6.76. The largest absolute Gasteiger partial charge is 0.385 e. The van der Waals surface area contributed by atoms with Crippen LogP contribution in [0.15, 0.2) is 24.3 Å². The van der Waals surface area contributed by atoms with Gasteiger partial charge in [-0.05, 0) is 25.5 Å². The number of hydrogen-bond acceptors (Lipinski definition) is 4. The van der Waals surface area contributed by atoms with Crippen molar-refractivity contribution in [1.82, 2.24) is 5.32 Å². The van der Waals surface area contributed by atoms with E-state index in [2.05, 4.69) is 10.6 Å². The molecule has 18 heavy (non-hydrogen) atoms. The summed E-state index contributed by atoms with van der Waals surface area (Å²) in [6.45, 7) is 5.00. The van der Waals surface area contributed by atoms with E-state index in [-0.39, 0.29) is 5.78 Å². The maximum absolute atomic E-state index is 11.3. The number of ether oxygens (including phenoxy) is 1. The lowest BCUT2D eigenvalue weighted by Gasteiger charge is -2.23. The van der Waals surface area contributed by atoms with Gasteiger partial charge in [-0.3, -0.25) is 4.79 Å². The highest BCUT2D eigenvalue weighted by Gasteiger charge is 2.11. The second-order valence-corrected chi connectivity index (χ2v) is 4.58. The van der Waals surface area contributed by atoms with Crippen molar-refractivity contribution in [2.75, 3.05) is 31.6 Å². The fourth-order valence-electron chi connectivity index (χ4n) is 2.04. The van der Waals surface area contributed by atoms with Crippen molar-refractivity contribution in [3.8, 4) is 0 Å². The van der Waals surface area contributed by atoms with E-state index in [4.69, 9.17) is 4.74 Å². The summed E-state index contributed by atoms with van der Waals surface area (Å²) in [4.78, 5) is 11.3. The highest BCUT2D eigenvalue weighted by Crippen LogP contribution is 2.11. The van der Waals surface area contributed by atoms with Crippen LogP contribution in [0.25, 0.3) is 0 Å². The molecule has 1 saturated heterocycles. The smallest absolute Gasteiger partial charge is 0.159 e. The SMILES string of the molecule is CC(=O)c1cccc(NCCC2COCCN2)c1. The third-order valence-corrected chi connectivity index (χ3v) is 3.09. The number of morpholine rings is 1. The van der Waals surface area contributed by atoms with Gasteiger partial charge in [0.25, 0.3) is 0 Å². The molecule has 4 heteroatoms. The van der Waals surface area contributed by atoms with Crippen LogP contribution in [0.4, 0.5) is 5.69 Å². The molecule has 2 rings (SSSR count). The van der Waals surface area contributed by atoms with Crippen LogP contribution in [-0.4, -0.2) is 38.1 Å². The molecule has 0 aromatic heterocycles. The standard InChI is InChI=1S/C14H20N2O2/c1-11(17)12-3-2-4-13(9-12)15-6-5-14-10-18-8-7-16-14/h2-4,9,14-16H,5-8,10H2,1H3.